The molecule has 0 unspecified atom stereocenters. The molecular weight excluding hydrogens is 226 g/mol. The standard InChI is InChI=1S/C15H19NO2/c1-10(2)15(17)18-16-14-6-4-5-12-9-11(3)7-8-13(12)14/h7-10H,4-6H2,1-3H3/b16-14-. The first kappa shape index (κ1) is 12.8. The second-order valence-electron chi connectivity index (χ2n) is 5.12. The molecule has 0 aromatic heterocycles. The molecule has 0 heterocycles. The van der Waals surface area contributed by atoms with Gasteiger partial charge in [0.25, 0.3) is 0 Å². The lowest BCUT2D eigenvalue weighted by molar-refractivity contribution is -0.147. The van der Waals surface area contributed by atoms with Gasteiger partial charge in [-0.05, 0) is 31.7 Å². The minimum Gasteiger partial charge on any atom is -0.318 e. The second-order valence-corrected chi connectivity index (χ2v) is 5.12. The highest BCUT2D eigenvalue weighted by atomic mass is 16.7. The van der Waals surface area contributed by atoms with E-state index >= 15 is 0 Å². The number of rotatable bonds is 2. The van der Waals surface area contributed by atoms with Gasteiger partial charge in [-0.15, -0.1) is 0 Å². The van der Waals surface area contributed by atoms with E-state index in [4.69, 9.17) is 4.84 Å². The molecule has 0 bridgehead atoms. The van der Waals surface area contributed by atoms with Crippen molar-refractivity contribution in [3.63, 3.8) is 0 Å². The van der Waals surface area contributed by atoms with Crippen LogP contribution < -0.4 is 0 Å². The molecule has 96 valence electrons. The van der Waals surface area contributed by atoms with Crippen LogP contribution in [0.5, 0.6) is 0 Å². The van der Waals surface area contributed by atoms with Gasteiger partial charge in [-0.1, -0.05) is 42.8 Å². The van der Waals surface area contributed by atoms with Crippen LogP contribution in [0.2, 0.25) is 0 Å². The lowest BCUT2D eigenvalue weighted by Crippen LogP contribution is -2.15. The van der Waals surface area contributed by atoms with Gasteiger partial charge in [0.15, 0.2) is 0 Å². The minimum atomic E-state index is -0.276. The number of benzene rings is 1. The molecule has 0 saturated carbocycles. The number of carbonyl (C=O) groups excluding carboxylic acids is 1. The Morgan fingerprint density at radius 2 is 2.11 bits per heavy atom. The van der Waals surface area contributed by atoms with Crippen LogP contribution in [-0.4, -0.2) is 11.7 Å². The van der Waals surface area contributed by atoms with E-state index in [0.717, 1.165) is 30.5 Å². The van der Waals surface area contributed by atoms with Gasteiger partial charge < -0.3 is 4.84 Å². The molecule has 1 aromatic carbocycles. The third kappa shape index (κ3) is 2.78. The van der Waals surface area contributed by atoms with Crippen molar-refractivity contribution in [1.82, 2.24) is 0 Å². The number of hydrogen-bond acceptors (Lipinski definition) is 3. The summed E-state index contributed by atoms with van der Waals surface area (Å²) < 4.78 is 0. The van der Waals surface area contributed by atoms with E-state index in [1.54, 1.807) is 13.8 Å². The van der Waals surface area contributed by atoms with E-state index in [1.165, 1.54) is 11.1 Å². The summed E-state index contributed by atoms with van der Waals surface area (Å²) in [6, 6.07) is 6.34. The summed E-state index contributed by atoms with van der Waals surface area (Å²) in [5, 5.41) is 4.04. The maximum absolute atomic E-state index is 11.4. The summed E-state index contributed by atoms with van der Waals surface area (Å²) in [4.78, 5) is 16.4. The predicted molar refractivity (Wildman–Crippen MR) is 71.6 cm³/mol. The Labute approximate surface area is 108 Å². The van der Waals surface area contributed by atoms with Crippen molar-refractivity contribution in [3.05, 3.63) is 34.9 Å². The minimum absolute atomic E-state index is 0.143. The highest BCUT2D eigenvalue weighted by molar-refractivity contribution is 6.02. The Hall–Kier alpha value is -1.64. The Morgan fingerprint density at radius 1 is 1.33 bits per heavy atom. The Morgan fingerprint density at radius 3 is 2.83 bits per heavy atom. The Bertz CT molecular complexity index is 489. The van der Waals surface area contributed by atoms with Gasteiger partial charge in [0.05, 0.1) is 11.6 Å². The van der Waals surface area contributed by atoms with Crippen LogP contribution in [0, 0.1) is 12.8 Å². The van der Waals surface area contributed by atoms with Crippen molar-refractivity contribution < 1.29 is 9.63 Å². The van der Waals surface area contributed by atoms with E-state index < -0.39 is 0 Å². The first-order valence-corrected chi connectivity index (χ1v) is 6.45. The number of nitrogens with zero attached hydrogens (tertiary/aromatic N) is 1. The summed E-state index contributed by atoms with van der Waals surface area (Å²) >= 11 is 0. The zero-order valence-electron chi connectivity index (χ0n) is 11.2. The van der Waals surface area contributed by atoms with Crippen LogP contribution >= 0.6 is 0 Å². The first-order chi connectivity index (χ1) is 8.58. The molecule has 1 aliphatic carbocycles. The molecule has 0 spiro atoms. The first-order valence-electron chi connectivity index (χ1n) is 6.45. The fourth-order valence-corrected chi connectivity index (χ4v) is 2.09. The quantitative estimate of drug-likeness (QED) is 0.592. The van der Waals surface area contributed by atoms with Gasteiger partial charge in [0.1, 0.15) is 0 Å². The molecular formula is C15H19NO2. The smallest absolute Gasteiger partial charge is 0.318 e. The van der Waals surface area contributed by atoms with Gasteiger partial charge in [0.2, 0.25) is 0 Å². The Kier molecular flexibility index (Phi) is 3.80. The van der Waals surface area contributed by atoms with Crippen LogP contribution in [0.25, 0.3) is 0 Å². The maximum atomic E-state index is 11.4. The Balaban J connectivity index is 2.22. The van der Waals surface area contributed by atoms with Crippen molar-refractivity contribution in [2.24, 2.45) is 11.1 Å². The largest absolute Gasteiger partial charge is 0.337 e. The van der Waals surface area contributed by atoms with Crippen molar-refractivity contribution in [3.8, 4) is 0 Å². The summed E-state index contributed by atoms with van der Waals surface area (Å²) in [5.74, 6) is -0.419. The SMILES string of the molecule is Cc1ccc2c(c1)CCC/C2=N/OC(=O)C(C)C. The zero-order valence-corrected chi connectivity index (χ0v) is 11.2. The molecule has 3 heteroatoms. The van der Waals surface area contributed by atoms with Crippen LogP contribution in [0.3, 0.4) is 0 Å². The maximum Gasteiger partial charge on any atom is 0.337 e. The normalized spacial score (nSPS) is 16.8. The lowest BCUT2D eigenvalue weighted by Gasteiger charge is -2.17. The molecule has 0 atom stereocenters. The monoisotopic (exact) mass is 245 g/mol. The van der Waals surface area contributed by atoms with Crippen molar-refractivity contribution >= 4 is 11.7 Å². The van der Waals surface area contributed by atoms with Crippen molar-refractivity contribution in [1.29, 1.82) is 0 Å². The zero-order chi connectivity index (χ0) is 13.1. The van der Waals surface area contributed by atoms with Crippen LogP contribution in [0.4, 0.5) is 0 Å². The summed E-state index contributed by atoms with van der Waals surface area (Å²) in [6.45, 7) is 5.70. The molecule has 1 aromatic rings. The molecule has 3 nitrogen and oxygen atoms in total. The summed E-state index contributed by atoms with van der Waals surface area (Å²) in [5.41, 5.74) is 4.59. The molecule has 0 radical (unpaired) electrons. The van der Waals surface area contributed by atoms with Crippen LogP contribution in [-0.2, 0) is 16.1 Å². The highest BCUT2D eigenvalue weighted by Gasteiger charge is 2.17. The topological polar surface area (TPSA) is 38.7 Å². The molecule has 0 amide bonds. The molecule has 0 aliphatic heterocycles. The lowest BCUT2D eigenvalue weighted by atomic mass is 9.89. The van der Waals surface area contributed by atoms with Crippen molar-refractivity contribution in [2.45, 2.75) is 40.0 Å². The molecule has 0 N–H and O–H groups in total. The molecule has 2 rings (SSSR count). The molecule has 0 saturated heterocycles. The fraction of sp³-hybridized carbons (Fsp3) is 0.467. The number of oxime groups is 1. The summed E-state index contributed by atoms with van der Waals surface area (Å²) in [7, 11) is 0. The molecule has 18 heavy (non-hydrogen) atoms. The van der Waals surface area contributed by atoms with Crippen molar-refractivity contribution in [2.75, 3.05) is 0 Å². The van der Waals surface area contributed by atoms with E-state index in [9.17, 15) is 4.79 Å². The van der Waals surface area contributed by atoms with Crippen LogP contribution in [0.1, 0.15) is 43.4 Å². The second kappa shape index (κ2) is 5.34. The highest BCUT2D eigenvalue weighted by Crippen LogP contribution is 2.23. The van der Waals surface area contributed by atoms with Gasteiger partial charge >= 0.3 is 5.97 Å². The number of aryl methyl sites for hydroxylation is 2. The van der Waals surface area contributed by atoms with Crippen LogP contribution in [0.15, 0.2) is 23.4 Å². The third-order valence-electron chi connectivity index (χ3n) is 3.15. The average Bonchev–Trinajstić information content (AvgIpc) is 2.35. The summed E-state index contributed by atoms with van der Waals surface area (Å²) in [6.07, 6.45) is 3.02. The number of fused-ring (bicyclic) bond motifs is 1. The average molecular weight is 245 g/mol. The third-order valence-corrected chi connectivity index (χ3v) is 3.15. The van der Waals surface area contributed by atoms with E-state index in [0.29, 0.717) is 0 Å². The van der Waals surface area contributed by atoms with E-state index in [1.807, 2.05) is 0 Å². The molecule has 0 fully saturated rings. The van der Waals surface area contributed by atoms with Gasteiger partial charge in [-0.3, -0.25) is 0 Å². The van der Waals surface area contributed by atoms with E-state index in [2.05, 4.69) is 30.3 Å². The van der Waals surface area contributed by atoms with Gasteiger partial charge in [-0.2, -0.15) is 0 Å². The van der Waals surface area contributed by atoms with Gasteiger partial charge in [-0.25, -0.2) is 4.79 Å². The number of carbonyl (C=O) groups is 1. The van der Waals surface area contributed by atoms with Gasteiger partial charge in [0, 0.05) is 5.56 Å². The predicted octanol–water partition coefficient (Wildman–Crippen LogP) is 3.23. The fourth-order valence-electron chi connectivity index (χ4n) is 2.09. The van der Waals surface area contributed by atoms with E-state index in [-0.39, 0.29) is 11.9 Å². The molecule has 1 aliphatic rings. The number of hydrogen-bond donors (Lipinski definition) is 0.